The Morgan fingerprint density at radius 1 is 0.284 bits per heavy atom. The number of hydrogen-bond donors (Lipinski definition) is 0. The van der Waals surface area contributed by atoms with Crippen LogP contribution < -0.4 is 4.90 Å². The highest BCUT2D eigenvalue weighted by Crippen LogP contribution is 2.59. The molecule has 0 aromatic heterocycles. The van der Waals surface area contributed by atoms with Crippen LogP contribution in [-0.2, 0) is 16.2 Å². The minimum Gasteiger partial charge on any atom is -0.310 e. The molecule has 0 amide bonds. The van der Waals surface area contributed by atoms with Crippen molar-refractivity contribution >= 4 is 17.1 Å². The van der Waals surface area contributed by atoms with E-state index in [-0.39, 0.29) is 5.41 Å². The molecule has 10 aromatic rings. The quantitative estimate of drug-likeness (QED) is 0.147. The molecule has 0 radical (unpaired) electrons. The Kier molecular flexibility index (Phi) is 9.59. The predicted octanol–water partition coefficient (Wildman–Crippen LogP) is 16.8. The molecule has 12 rings (SSSR count). The molecule has 0 unspecified atom stereocenters. The third kappa shape index (κ3) is 6.29. The van der Waals surface area contributed by atoms with E-state index in [0.29, 0.717) is 0 Å². The van der Waals surface area contributed by atoms with Gasteiger partial charge in [-0.15, -0.1) is 0 Å². The van der Waals surface area contributed by atoms with Crippen molar-refractivity contribution in [2.45, 2.75) is 37.0 Å². The maximum atomic E-state index is 2.47. The summed E-state index contributed by atoms with van der Waals surface area (Å²) in [5, 5.41) is 0. The zero-order chi connectivity index (χ0) is 45.2. The van der Waals surface area contributed by atoms with Crippen LogP contribution in [-0.4, -0.2) is 0 Å². The van der Waals surface area contributed by atoms with E-state index in [1.165, 1.54) is 83.5 Å². The van der Waals surface area contributed by atoms with Crippen LogP contribution in [0.5, 0.6) is 0 Å². The van der Waals surface area contributed by atoms with Crippen LogP contribution in [0.4, 0.5) is 17.1 Å². The van der Waals surface area contributed by atoms with Gasteiger partial charge in [0.05, 0.1) is 10.8 Å². The SMILES string of the molecule is CC(C)(C)c1ccc(-c2ccc(N(c3ccc(C4(c5ccccc5)c5ccccc5-c5ccccc54)cc3)c3ccc4c(c3)C(c3ccccc3)(c3ccccc3)c3ccccc3-4)cc2)cc1. The molecule has 0 heterocycles. The highest BCUT2D eigenvalue weighted by molar-refractivity contribution is 5.91. The van der Waals surface area contributed by atoms with Crippen molar-refractivity contribution < 1.29 is 0 Å². The van der Waals surface area contributed by atoms with Gasteiger partial charge in [0.15, 0.2) is 0 Å². The Labute approximate surface area is 395 Å². The summed E-state index contributed by atoms with van der Waals surface area (Å²) in [7, 11) is 0. The fourth-order valence-electron chi connectivity index (χ4n) is 11.6. The van der Waals surface area contributed by atoms with Crippen molar-refractivity contribution in [2.75, 3.05) is 4.90 Å². The first-order chi connectivity index (χ1) is 32.9. The lowest BCUT2D eigenvalue weighted by atomic mass is 9.67. The van der Waals surface area contributed by atoms with E-state index < -0.39 is 10.8 Å². The largest absolute Gasteiger partial charge is 0.310 e. The molecule has 10 aromatic carbocycles. The second-order valence-corrected chi connectivity index (χ2v) is 19.2. The molecule has 67 heavy (non-hydrogen) atoms. The van der Waals surface area contributed by atoms with E-state index in [0.717, 1.165) is 17.1 Å². The van der Waals surface area contributed by atoms with E-state index in [1.54, 1.807) is 0 Å². The maximum Gasteiger partial charge on any atom is 0.0714 e. The van der Waals surface area contributed by atoms with E-state index in [4.69, 9.17) is 0 Å². The highest BCUT2D eigenvalue weighted by Gasteiger charge is 2.47. The average Bonchev–Trinajstić information content (AvgIpc) is 3.86. The van der Waals surface area contributed by atoms with Gasteiger partial charge in [0.25, 0.3) is 0 Å². The Morgan fingerprint density at radius 3 is 1.04 bits per heavy atom. The Hall–Kier alpha value is -8.00. The normalized spacial score (nSPS) is 13.8. The summed E-state index contributed by atoms with van der Waals surface area (Å²) in [5.41, 5.74) is 21.5. The lowest BCUT2D eigenvalue weighted by Gasteiger charge is -2.35. The highest BCUT2D eigenvalue weighted by atomic mass is 15.1. The molecule has 0 aliphatic heterocycles. The van der Waals surface area contributed by atoms with E-state index in [2.05, 4.69) is 280 Å². The summed E-state index contributed by atoms with van der Waals surface area (Å²) in [5.74, 6) is 0. The fourth-order valence-corrected chi connectivity index (χ4v) is 11.6. The van der Waals surface area contributed by atoms with Crippen molar-refractivity contribution in [3.63, 3.8) is 0 Å². The molecule has 1 nitrogen and oxygen atoms in total. The van der Waals surface area contributed by atoms with Gasteiger partial charge < -0.3 is 4.90 Å². The van der Waals surface area contributed by atoms with Crippen molar-refractivity contribution in [3.05, 3.63) is 305 Å². The van der Waals surface area contributed by atoms with Gasteiger partial charge >= 0.3 is 0 Å². The average molecular weight is 858 g/mol. The summed E-state index contributed by atoms with van der Waals surface area (Å²) in [4.78, 5) is 2.45. The third-order valence-electron chi connectivity index (χ3n) is 14.6. The Morgan fingerprint density at radius 2 is 0.612 bits per heavy atom. The van der Waals surface area contributed by atoms with Crippen molar-refractivity contribution in [1.29, 1.82) is 0 Å². The molecule has 0 atom stereocenters. The van der Waals surface area contributed by atoms with E-state index in [9.17, 15) is 0 Å². The predicted molar refractivity (Wildman–Crippen MR) is 280 cm³/mol. The number of rotatable bonds is 8. The van der Waals surface area contributed by atoms with Crippen molar-refractivity contribution in [2.24, 2.45) is 0 Å². The van der Waals surface area contributed by atoms with E-state index >= 15 is 0 Å². The second kappa shape index (κ2) is 15.9. The standard InChI is InChI=1S/C66H51N/c1-64(2,3)48-35-31-46(32-36-48)47-33-39-53(40-34-47)67(54-41-37-52(38-42-54)65(49-19-7-4-8-20-49)60-28-16-13-25-56(60)57-26-14-17-29-61(57)65)55-43-44-59-58-27-15-18-30-62(58)66(63(59)45-55,50-21-9-5-10-22-50)51-23-11-6-12-24-51/h4-45H,1-3H3. The molecule has 1 heteroatoms. The number of benzene rings is 10. The first-order valence-electron chi connectivity index (χ1n) is 23.6. The molecule has 0 N–H and O–H groups in total. The zero-order valence-corrected chi connectivity index (χ0v) is 38.2. The maximum absolute atomic E-state index is 2.47. The number of anilines is 3. The van der Waals surface area contributed by atoms with E-state index in [1.807, 2.05) is 0 Å². The smallest absolute Gasteiger partial charge is 0.0714 e. The lowest BCUT2D eigenvalue weighted by Crippen LogP contribution is -2.29. The molecule has 2 aliphatic rings. The summed E-state index contributed by atoms with van der Waals surface area (Å²) in [6.45, 7) is 6.81. The molecule has 0 spiro atoms. The lowest BCUT2D eigenvalue weighted by molar-refractivity contribution is 0.590. The van der Waals surface area contributed by atoms with Gasteiger partial charge in [0.2, 0.25) is 0 Å². The van der Waals surface area contributed by atoms with Gasteiger partial charge in [0, 0.05) is 17.1 Å². The van der Waals surface area contributed by atoms with Gasteiger partial charge in [-0.25, -0.2) is 0 Å². The first kappa shape index (κ1) is 40.5. The summed E-state index contributed by atoms with van der Waals surface area (Å²) in [6, 6.07) is 95.0. The number of hydrogen-bond acceptors (Lipinski definition) is 1. The Bertz CT molecular complexity index is 3310. The first-order valence-corrected chi connectivity index (χ1v) is 23.6. The van der Waals surface area contributed by atoms with Crippen molar-refractivity contribution in [3.8, 4) is 33.4 Å². The van der Waals surface area contributed by atoms with Crippen LogP contribution in [0, 0.1) is 0 Å². The second-order valence-electron chi connectivity index (χ2n) is 19.2. The molecular formula is C66H51N. The summed E-state index contributed by atoms with van der Waals surface area (Å²) in [6.07, 6.45) is 0. The molecule has 0 saturated heterocycles. The topological polar surface area (TPSA) is 3.24 Å². The monoisotopic (exact) mass is 857 g/mol. The number of fused-ring (bicyclic) bond motifs is 6. The van der Waals surface area contributed by atoms with Crippen LogP contribution in [0.3, 0.4) is 0 Å². The van der Waals surface area contributed by atoms with Gasteiger partial charge in [-0.05, 0) is 125 Å². The molecular weight excluding hydrogens is 807 g/mol. The minimum atomic E-state index is -0.519. The minimum absolute atomic E-state index is 0.0968. The van der Waals surface area contributed by atoms with Crippen LogP contribution in [0.2, 0.25) is 0 Å². The third-order valence-corrected chi connectivity index (χ3v) is 14.6. The van der Waals surface area contributed by atoms with Crippen LogP contribution in [0.15, 0.2) is 255 Å². The molecule has 0 bridgehead atoms. The van der Waals surface area contributed by atoms with Crippen LogP contribution in [0.25, 0.3) is 33.4 Å². The van der Waals surface area contributed by atoms with Crippen molar-refractivity contribution in [1.82, 2.24) is 0 Å². The van der Waals surface area contributed by atoms with Gasteiger partial charge in [-0.1, -0.05) is 239 Å². The van der Waals surface area contributed by atoms with Crippen LogP contribution in [0.1, 0.15) is 70.8 Å². The number of nitrogens with zero attached hydrogens (tertiary/aromatic N) is 1. The fraction of sp³-hybridized carbons (Fsp3) is 0.0909. The van der Waals surface area contributed by atoms with Gasteiger partial charge in [-0.3, -0.25) is 0 Å². The molecule has 2 aliphatic carbocycles. The Balaban J connectivity index is 1.06. The summed E-state index contributed by atoms with van der Waals surface area (Å²) < 4.78 is 0. The molecule has 320 valence electrons. The molecule has 0 saturated carbocycles. The zero-order valence-electron chi connectivity index (χ0n) is 38.2. The molecule has 0 fully saturated rings. The van der Waals surface area contributed by atoms with Gasteiger partial charge in [-0.2, -0.15) is 0 Å². The van der Waals surface area contributed by atoms with Crippen LogP contribution >= 0.6 is 0 Å². The summed E-state index contributed by atoms with van der Waals surface area (Å²) >= 11 is 0. The van der Waals surface area contributed by atoms with Gasteiger partial charge in [0.1, 0.15) is 0 Å².